The van der Waals surface area contributed by atoms with Crippen LogP contribution >= 0.6 is 0 Å². The van der Waals surface area contributed by atoms with Gasteiger partial charge in [0.25, 0.3) is 0 Å². The van der Waals surface area contributed by atoms with Crippen LogP contribution in [0.4, 0.5) is 10.1 Å². The van der Waals surface area contributed by atoms with Crippen molar-refractivity contribution in [2.75, 3.05) is 10.7 Å². The maximum Gasteiger partial charge on any atom is 0.311 e. The molecule has 13 atom stereocenters. The zero-order chi connectivity index (χ0) is 55.9. The number of nitrogens with zero attached hydrogens (tertiary/aromatic N) is 1. The molecule has 0 saturated carbocycles. The van der Waals surface area contributed by atoms with Gasteiger partial charge in [0.05, 0.1) is 42.5 Å². The summed E-state index contributed by atoms with van der Waals surface area (Å²) in [4.78, 5) is 16.5. The van der Waals surface area contributed by atoms with Crippen LogP contribution in [0, 0.1) is 41.3 Å². The molecular formula is C62H90FNO9SSi2. The van der Waals surface area contributed by atoms with Gasteiger partial charge in [0.1, 0.15) is 23.1 Å². The molecule has 0 N–H and O–H groups in total. The van der Waals surface area contributed by atoms with E-state index in [0.29, 0.717) is 42.3 Å². The molecule has 3 aliphatic heterocycles. The van der Waals surface area contributed by atoms with E-state index in [0.717, 1.165) is 28.9 Å². The van der Waals surface area contributed by atoms with Crippen LogP contribution in [-0.4, -0.2) is 67.4 Å². The van der Waals surface area contributed by atoms with Crippen LogP contribution in [0.3, 0.4) is 0 Å². The van der Waals surface area contributed by atoms with Crippen molar-refractivity contribution in [1.29, 1.82) is 0 Å². The maximum atomic E-state index is 14.9. The summed E-state index contributed by atoms with van der Waals surface area (Å²) in [6, 6.07) is 29.0. The SMILES string of the molecule is CCC1O[C@@H](O[C@@H]2C(CC)O[C@@H](CS(=O)(=O)Oc3cc(-c4ccc(O[Si](C)(C)C(C)(C)C)cc4)ccc3[C@@H]3[C@@H](CC[C@H](O[Si](C)(C)C(C)(C)C)c4ccc(F)cc4)C(=O)N3c3ccccc3)C(C)[C@H]2C)C(C)[C@@H](C)[C@@H]1C. The van der Waals surface area contributed by atoms with Crippen molar-refractivity contribution in [3.05, 3.63) is 114 Å². The fourth-order valence-electron chi connectivity index (χ4n) is 10.9. The number of ether oxygens (including phenoxy) is 3. The minimum absolute atomic E-state index is 0.0114. The lowest BCUT2D eigenvalue weighted by molar-refractivity contribution is -0.299. The Kier molecular flexibility index (Phi) is 18.4. The van der Waals surface area contributed by atoms with Gasteiger partial charge in [0.15, 0.2) is 14.6 Å². The van der Waals surface area contributed by atoms with Crippen molar-refractivity contribution in [3.8, 4) is 22.6 Å². The van der Waals surface area contributed by atoms with Gasteiger partial charge in [0, 0.05) is 17.2 Å². The summed E-state index contributed by atoms with van der Waals surface area (Å²) in [6.07, 6.45) is 0.397. The number of β-lactam (4-membered cyclic amide) rings is 1. The summed E-state index contributed by atoms with van der Waals surface area (Å²) < 4.78 is 84.6. The molecule has 14 heteroatoms. The molecule has 0 radical (unpaired) electrons. The Hall–Kier alpha value is -3.90. The Morgan fingerprint density at radius 2 is 1.28 bits per heavy atom. The molecule has 1 amide bonds. The Morgan fingerprint density at radius 1 is 0.684 bits per heavy atom. The van der Waals surface area contributed by atoms with Gasteiger partial charge in [-0.1, -0.05) is 145 Å². The number of para-hydroxylation sites is 1. The fourth-order valence-corrected chi connectivity index (χ4v) is 14.5. The normalized spacial score (nSPS) is 28.2. The first-order valence-electron chi connectivity index (χ1n) is 28.1. The van der Waals surface area contributed by atoms with Gasteiger partial charge in [-0.15, -0.1) is 0 Å². The minimum Gasteiger partial charge on any atom is -0.544 e. The van der Waals surface area contributed by atoms with Crippen LogP contribution in [-0.2, 0) is 33.5 Å². The van der Waals surface area contributed by atoms with E-state index < -0.39 is 50.9 Å². The number of benzene rings is 4. The average Bonchev–Trinajstić information content (AvgIpc) is 3.35. The van der Waals surface area contributed by atoms with Gasteiger partial charge < -0.3 is 32.1 Å². The molecule has 418 valence electrons. The number of anilines is 1. The molecule has 4 aromatic rings. The van der Waals surface area contributed by atoms with Gasteiger partial charge in [-0.05, 0) is 145 Å². The van der Waals surface area contributed by atoms with Crippen molar-refractivity contribution < 1.29 is 44.8 Å². The molecule has 4 unspecified atom stereocenters. The zero-order valence-corrected chi connectivity index (χ0v) is 51.5. The fraction of sp³-hybridized carbons (Fsp3) is 0.597. The van der Waals surface area contributed by atoms with Crippen molar-refractivity contribution in [2.24, 2.45) is 35.5 Å². The standard InChI is InChI=1S/C62H90FNO9SSi2/c1-18-52-40(4)39(3)43(7)60(69-52)70-58-42(6)41(5)56(68-53(58)19-2)38-74(66,67)71-55-37-46(44-27-32-49(33-28-44)72-75(14,15)61(8,9)10)29-34-50(55)57-51(59(65)64(57)48-23-21-20-22-24-48)35-36-54(45-25-30-47(63)31-26-45)73-76(16,17)62(11,12)13/h20-34,37,39-43,51-54,56-58,60H,18-19,35-36,38H2,1-17H3/t39-,40-,41?,42+,43?,51+,52?,53?,54-,56-,57+,58-,60-/m0/s1. The summed E-state index contributed by atoms with van der Waals surface area (Å²) in [6.45, 7) is 37.1. The first-order valence-corrected chi connectivity index (χ1v) is 35.5. The van der Waals surface area contributed by atoms with Crippen LogP contribution < -0.4 is 13.5 Å². The number of carbonyl (C=O) groups is 1. The molecule has 0 spiro atoms. The van der Waals surface area contributed by atoms with E-state index in [-0.39, 0.29) is 75.7 Å². The second kappa shape index (κ2) is 23.4. The molecule has 3 fully saturated rings. The van der Waals surface area contributed by atoms with Crippen molar-refractivity contribution in [2.45, 2.75) is 195 Å². The molecule has 3 aliphatic rings. The Balaban J connectivity index is 1.24. The summed E-state index contributed by atoms with van der Waals surface area (Å²) in [5.74, 6) is 0.316. The van der Waals surface area contributed by atoms with E-state index in [9.17, 15) is 17.6 Å². The number of hydrogen-bond acceptors (Lipinski definition) is 9. The van der Waals surface area contributed by atoms with Gasteiger partial charge in [-0.25, -0.2) is 4.39 Å². The monoisotopic (exact) mass is 1100 g/mol. The summed E-state index contributed by atoms with van der Waals surface area (Å²) in [7, 11) is -8.83. The van der Waals surface area contributed by atoms with E-state index in [4.69, 9.17) is 27.2 Å². The summed E-state index contributed by atoms with van der Waals surface area (Å²) in [5, 5.41) is -0.0938. The summed E-state index contributed by atoms with van der Waals surface area (Å²) >= 11 is 0. The highest BCUT2D eigenvalue weighted by atomic mass is 32.2. The van der Waals surface area contributed by atoms with Crippen molar-refractivity contribution in [1.82, 2.24) is 0 Å². The number of rotatable bonds is 19. The lowest BCUT2D eigenvalue weighted by atomic mass is 9.77. The molecule has 4 aromatic carbocycles. The van der Waals surface area contributed by atoms with Gasteiger partial charge in [-0.3, -0.25) is 4.79 Å². The van der Waals surface area contributed by atoms with E-state index in [2.05, 4.69) is 109 Å². The first-order chi connectivity index (χ1) is 35.5. The summed E-state index contributed by atoms with van der Waals surface area (Å²) in [5.41, 5.74) is 3.71. The molecule has 10 nitrogen and oxygen atoms in total. The third kappa shape index (κ3) is 13.1. The second-order valence-electron chi connectivity index (χ2n) is 25.5. The zero-order valence-electron chi connectivity index (χ0n) is 48.7. The lowest BCUT2D eigenvalue weighted by Crippen LogP contribution is -2.56. The van der Waals surface area contributed by atoms with E-state index in [1.54, 1.807) is 23.1 Å². The lowest BCUT2D eigenvalue weighted by Gasteiger charge is -2.49. The Labute approximate surface area is 458 Å². The number of amides is 1. The van der Waals surface area contributed by atoms with Crippen molar-refractivity contribution in [3.63, 3.8) is 0 Å². The van der Waals surface area contributed by atoms with Gasteiger partial charge in [-0.2, -0.15) is 8.42 Å². The molecule has 76 heavy (non-hydrogen) atoms. The smallest absolute Gasteiger partial charge is 0.311 e. The average molecular weight is 1100 g/mol. The second-order valence-corrected chi connectivity index (χ2v) is 36.6. The molecular weight excluding hydrogens is 1010 g/mol. The number of hydrogen-bond donors (Lipinski definition) is 0. The molecule has 3 saturated heterocycles. The van der Waals surface area contributed by atoms with Crippen LogP contribution in [0.25, 0.3) is 11.1 Å². The highest BCUT2D eigenvalue weighted by molar-refractivity contribution is 7.87. The topological polar surface area (TPSA) is 110 Å². The van der Waals surface area contributed by atoms with Gasteiger partial charge in [0.2, 0.25) is 14.2 Å². The quantitative estimate of drug-likeness (QED) is 0.0515. The van der Waals surface area contributed by atoms with E-state index in [1.165, 1.54) is 12.1 Å². The first kappa shape index (κ1) is 59.8. The van der Waals surface area contributed by atoms with Crippen LogP contribution in [0.5, 0.6) is 11.5 Å². The highest BCUT2D eigenvalue weighted by Gasteiger charge is 2.52. The van der Waals surface area contributed by atoms with Gasteiger partial charge >= 0.3 is 10.1 Å². The van der Waals surface area contributed by atoms with Crippen LogP contribution in [0.1, 0.15) is 139 Å². The predicted octanol–water partition coefficient (Wildman–Crippen LogP) is 15.7. The largest absolute Gasteiger partial charge is 0.544 e. The maximum absolute atomic E-state index is 14.9. The Morgan fingerprint density at radius 3 is 1.87 bits per heavy atom. The van der Waals surface area contributed by atoms with Crippen LogP contribution in [0.2, 0.25) is 36.3 Å². The minimum atomic E-state index is -4.35. The molecule has 0 aromatic heterocycles. The third-order valence-corrected chi connectivity index (χ3v) is 28.5. The Bertz CT molecular complexity index is 2690. The molecule has 0 aliphatic carbocycles. The van der Waals surface area contributed by atoms with E-state index >= 15 is 0 Å². The third-order valence-electron chi connectivity index (χ3n) is 18.5. The predicted molar refractivity (Wildman–Crippen MR) is 310 cm³/mol. The molecule has 0 bridgehead atoms. The van der Waals surface area contributed by atoms with Crippen LogP contribution in [0.15, 0.2) is 97.1 Å². The molecule has 7 rings (SSSR count). The van der Waals surface area contributed by atoms with E-state index in [1.807, 2.05) is 73.7 Å². The van der Waals surface area contributed by atoms with Crippen molar-refractivity contribution >= 4 is 38.3 Å². The number of carbonyl (C=O) groups excluding carboxylic acids is 1. The number of halogens is 1. The highest BCUT2D eigenvalue weighted by Crippen LogP contribution is 2.51. The molecule has 3 heterocycles.